The fourth-order valence-electron chi connectivity index (χ4n) is 1.80. The summed E-state index contributed by atoms with van der Waals surface area (Å²) in [6.07, 6.45) is 0. The minimum atomic E-state index is -0.440. The fourth-order valence-corrected chi connectivity index (χ4v) is 1.80. The minimum Gasteiger partial charge on any atom is -0.491 e. The van der Waals surface area contributed by atoms with Gasteiger partial charge < -0.3 is 10.1 Å². The van der Waals surface area contributed by atoms with Crippen LogP contribution in [-0.4, -0.2) is 11.6 Å². The number of nitrogens with zero attached hydrogens (tertiary/aromatic N) is 2. The summed E-state index contributed by atoms with van der Waals surface area (Å²) < 4.78 is 18.9. The summed E-state index contributed by atoms with van der Waals surface area (Å²) in [5.41, 5.74) is 1.78. The molecule has 0 unspecified atom stereocenters. The number of aryl methyl sites for hydroxylation is 1. The molecular formula is C15H14FN3O. The summed E-state index contributed by atoms with van der Waals surface area (Å²) in [6.45, 7) is 4.01. The highest BCUT2D eigenvalue weighted by molar-refractivity contribution is 5.59. The van der Waals surface area contributed by atoms with E-state index in [2.05, 4.69) is 16.4 Å². The van der Waals surface area contributed by atoms with Gasteiger partial charge in [-0.1, -0.05) is 0 Å². The third-order valence-electron chi connectivity index (χ3n) is 2.59. The van der Waals surface area contributed by atoms with Gasteiger partial charge in [-0.3, -0.25) is 0 Å². The standard InChI is InChI=1S/C15H14FN3O/c1-3-20-14-5-4-12(8-13(14)16)19-15-7-11(9-17)6-10(2)18-15/h4-8H,3H2,1-2H3,(H,18,19). The monoisotopic (exact) mass is 271 g/mol. The second-order valence-electron chi connectivity index (χ2n) is 4.20. The number of hydrogen-bond donors (Lipinski definition) is 1. The van der Waals surface area contributed by atoms with Gasteiger partial charge in [0.05, 0.1) is 18.2 Å². The molecule has 0 saturated carbocycles. The lowest BCUT2D eigenvalue weighted by Crippen LogP contribution is -1.98. The third-order valence-corrected chi connectivity index (χ3v) is 2.59. The first-order valence-corrected chi connectivity index (χ1v) is 6.20. The molecule has 2 rings (SSSR count). The van der Waals surface area contributed by atoms with Gasteiger partial charge in [0, 0.05) is 17.4 Å². The molecule has 0 spiro atoms. The van der Waals surface area contributed by atoms with Crippen LogP contribution in [0.2, 0.25) is 0 Å². The van der Waals surface area contributed by atoms with Gasteiger partial charge in [0.25, 0.3) is 0 Å². The summed E-state index contributed by atoms with van der Waals surface area (Å²) in [7, 11) is 0. The van der Waals surface area contributed by atoms with E-state index in [0.29, 0.717) is 23.7 Å². The molecule has 1 N–H and O–H groups in total. The Balaban J connectivity index is 2.24. The highest BCUT2D eigenvalue weighted by atomic mass is 19.1. The van der Waals surface area contributed by atoms with Crippen LogP contribution in [0.4, 0.5) is 15.9 Å². The molecule has 0 amide bonds. The van der Waals surface area contributed by atoms with Crippen molar-refractivity contribution in [3.63, 3.8) is 0 Å². The number of nitriles is 1. The predicted molar refractivity (Wildman–Crippen MR) is 74.5 cm³/mol. The highest BCUT2D eigenvalue weighted by Gasteiger charge is 2.06. The van der Waals surface area contributed by atoms with Crippen molar-refractivity contribution in [1.29, 1.82) is 5.26 Å². The molecule has 2 aromatic rings. The molecule has 1 aromatic heterocycles. The van der Waals surface area contributed by atoms with E-state index in [9.17, 15) is 4.39 Å². The van der Waals surface area contributed by atoms with Gasteiger partial charge >= 0.3 is 0 Å². The Kier molecular flexibility index (Phi) is 4.16. The molecule has 0 radical (unpaired) electrons. The number of nitrogens with one attached hydrogen (secondary N) is 1. The highest BCUT2D eigenvalue weighted by Crippen LogP contribution is 2.23. The Morgan fingerprint density at radius 2 is 2.15 bits per heavy atom. The molecule has 5 heteroatoms. The van der Waals surface area contributed by atoms with Crippen molar-refractivity contribution in [1.82, 2.24) is 4.98 Å². The summed E-state index contributed by atoms with van der Waals surface area (Å²) >= 11 is 0. The van der Waals surface area contributed by atoms with Crippen molar-refractivity contribution in [3.05, 3.63) is 47.4 Å². The number of anilines is 2. The molecule has 0 saturated heterocycles. The zero-order valence-corrected chi connectivity index (χ0v) is 11.3. The first-order valence-electron chi connectivity index (χ1n) is 6.20. The second kappa shape index (κ2) is 6.02. The Hall–Kier alpha value is -2.61. The van der Waals surface area contributed by atoms with Crippen molar-refractivity contribution < 1.29 is 9.13 Å². The Morgan fingerprint density at radius 3 is 2.80 bits per heavy atom. The fraction of sp³-hybridized carbons (Fsp3) is 0.200. The predicted octanol–water partition coefficient (Wildman–Crippen LogP) is 3.54. The summed E-state index contributed by atoms with van der Waals surface area (Å²) in [4.78, 5) is 4.25. The third kappa shape index (κ3) is 3.23. The molecule has 0 aliphatic rings. The van der Waals surface area contributed by atoms with Crippen molar-refractivity contribution in [2.24, 2.45) is 0 Å². The van der Waals surface area contributed by atoms with Gasteiger partial charge in [-0.25, -0.2) is 9.37 Å². The van der Waals surface area contributed by atoms with Gasteiger partial charge in [-0.05, 0) is 38.1 Å². The van der Waals surface area contributed by atoms with Crippen LogP contribution in [0.1, 0.15) is 18.2 Å². The van der Waals surface area contributed by atoms with Crippen molar-refractivity contribution in [2.45, 2.75) is 13.8 Å². The summed E-state index contributed by atoms with van der Waals surface area (Å²) in [5, 5.41) is 11.9. The Bertz CT molecular complexity index is 665. The number of pyridine rings is 1. The molecule has 20 heavy (non-hydrogen) atoms. The van der Waals surface area contributed by atoms with E-state index < -0.39 is 5.82 Å². The average molecular weight is 271 g/mol. The molecule has 0 aliphatic heterocycles. The minimum absolute atomic E-state index is 0.216. The zero-order chi connectivity index (χ0) is 14.5. The molecule has 0 bridgehead atoms. The lowest BCUT2D eigenvalue weighted by Gasteiger charge is -2.09. The first kappa shape index (κ1) is 13.8. The number of benzene rings is 1. The van der Waals surface area contributed by atoms with Crippen LogP contribution in [0.15, 0.2) is 30.3 Å². The van der Waals surface area contributed by atoms with E-state index in [1.807, 2.05) is 0 Å². The second-order valence-corrected chi connectivity index (χ2v) is 4.20. The average Bonchev–Trinajstić information content (AvgIpc) is 2.41. The molecule has 4 nitrogen and oxygen atoms in total. The Morgan fingerprint density at radius 1 is 1.35 bits per heavy atom. The molecular weight excluding hydrogens is 257 g/mol. The maximum Gasteiger partial charge on any atom is 0.167 e. The number of hydrogen-bond acceptors (Lipinski definition) is 4. The Labute approximate surface area is 116 Å². The first-order chi connectivity index (χ1) is 9.62. The molecule has 1 aromatic carbocycles. The van der Waals surface area contributed by atoms with E-state index >= 15 is 0 Å². The van der Waals surface area contributed by atoms with E-state index in [4.69, 9.17) is 10.00 Å². The van der Waals surface area contributed by atoms with Gasteiger partial charge in [-0.2, -0.15) is 5.26 Å². The van der Waals surface area contributed by atoms with Gasteiger partial charge in [-0.15, -0.1) is 0 Å². The van der Waals surface area contributed by atoms with Gasteiger partial charge in [0.15, 0.2) is 11.6 Å². The maximum absolute atomic E-state index is 13.7. The van der Waals surface area contributed by atoms with Crippen LogP contribution in [0.25, 0.3) is 0 Å². The van der Waals surface area contributed by atoms with Gasteiger partial charge in [0.2, 0.25) is 0 Å². The lowest BCUT2D eigenvalue weighted by atomic mass is 10.2. The zero-order valence-electron chi connectivity index (χ0n) is 11.3. The van der Waals surface area contributed by atoms with Crippen LogP contribution >= 0.6 is 0 Å². The number of ether oxygens (including phenoxy) is 1. The SMILES string of the molecule is CCOc1ccc(Nc2cc(C#N)cc(C)n2)cc1F. The summed E-state index contributed by atoms with van der Waals surface area (Å²) in [5.74, 6) is 0.281. The topological polar surface area (TPSA) is 57.9 Å². The van der Waals surface area contributed by atoms with Crippen LogP contribution in [0.5, 0.6) is 5.75 Å². The van der Waals surface area contributed by atoms with E-state index in [1.54, 1.807) is 38.1 Å². The smallest absolute Gasteiger partial charge is 0.167 e. The number of rotatable bonds is 4. The largest absolute Gasteiger partial charge is 0.491 e. The molecule has 0 aliphatic carbocycles. The van der Waals surface area contributed by atoms with Crippen LogP contribution in [-0.2, 0) is 0 Å². The van der Waals surface area contributed by atoms with E-state index in [0.717, 1.165) is 5.69 Å². The van der Waals surface area contributed by atoms with E-state index in [-0.39, 0.29) is 5.75 Å². The number of aromatic nitrogens is 1. The van der Waals surface area contributed by atoms with E-state index in [1.165, 1.54) is 6.07 Å². The lowest BCUT2D eigenvalue weighted by molar-refractivity contribution is 0.321. The van der Waals surface area contributed by atoms with Crippen molar-refractivity contribution >= 4 is 11.5 Å². The molecule has 0 fully saturated rings. The molecule has 0 atom stereocenters. The molecule has 1 heterocycles. The van der Waals surface area contributed by atoms with Gasteiger partial charge in [0.1, 0.15) is 5.82 Å². The van der Waals surface area contributed by atoms with Crippen LogP contribution in [0.3, 0.4) is 0 Å². The summed E-state index contributed by atoms with van der Waals surface area (Å²) in [6, 6.07) is 9.94. The maximum atomic E-state index is 13.7. The molecule has 102 valence electrons. The van der Waals surface area contributed by atoms with Crippen molar-refractivity contribution in [3.8, 4) is 11.8 Å². The number of halogens is 1. The van der Waals surface area contributed by atoms with Crippen LogP contribution < -0.4 is 10.1 Å². The van der Waals surface area contributed by atoms with Crippen molar-refractivity contribution in [2.75, 3.05) is 11.9 Å². The van der Waals surface area contributed by atoms with Crippen LogP contribution in [0, 0.1) is 24.1 Å². The normalized spacial score (nSPS) is 9.90. The quantitative estimate of drug-likeness (QED) is 0.924.